The zero-order valence-corrected chi connectivity index (χ0v) is 20.0. The first-order valence-corrected chi connectivity index (χ1v) is 12.0. The molecular weight excluding hydrogens is 432 g/mol. The van der Waals surface area contributed by atoms with Crippen LogP contribution in [-0.2, 0) is 25.7 Å². The Morgan fingerprint density at radius 1 is 1.03 bits per heavy atom. The van der Waals surface area contributed by atoms with Crippen LogP contribution in [0.5, 0.6) is 0 Å². The Hall–Kier alpha value is -3.19. The molecule has 1 unspecified atom stereocenters. The van der Waals surface area contributed by atoms with E-state index in [9.17, 15) is 14.4 Å². The van der Waals surface area contributed by atoms with E-state index < -0.39 is 5.97 Å². The standard InChI is InChI=1S/C27H33N2O5/c1-20-10-9-13-22(27(32)33-2)25(20)28-15-14-23(26(28)31)29(16-7-4-8-17-29)18-24(30)34-19-21-11-5-3-6-12-21/h3,5-6,9-13,23H,4,7-8,14-19H2,1-2H3/q+1. The molecule has 2 saturated heterocycles. The van der Waals surface area contributed by atoms with E-state index in [1.54, 1.807) is 17.0 Å². The van der Waals surface area contributed by atoms with Crippen molar-refractivity contribution in [1.82, 2.24) is 0 Å². The van der Waals surface area contributed by atoms with Crippen LogP contribution in [0, 0.1) is 6.92 Å². The molecule has 0 aliphatic carbocycles. The number of amides is 1. The van der Waals surface area contributed by atoms with E-state index in [1.165, 1.54) is 7.11 Å². The molecule has 180 valence electrons. The Labute approximate surface area is 200 Å². The molecule has 0 aromatic heterocycles. The van der Waals surface area contributed by atoms with Crippen molar-refractivity contribution in [3.8, 4) is 0 Å². The lowest BCUT2D eigenvalue weighted by atomic mass is 10.0. The van der Waals surface area contributed by atoms with E-state index in [4.69, 9.17) is 9.47 Å². The number of para-hydroxylation sites is 1. The number of nitrogens with zero attached hydrogens (tertiary/aromatic N) is 2. The number of quaternary nitrogens is 1. The number of piperidine rings is 1. The maximum atomic E-state index is 13.8. The largest absolute Gasteiger partial charge is 0.465 e. The van der Waals surface area contributed by atoms with Crippen LogP contribution >= 0.6 is 0 Å². The summed E-state index contributed by atoms with van der Waals surface area (Å²) in [7, 11) is 1.35. The maximum absolute atomic E-state index is 13.8. The number of ether oxygens (including phenoxy) is 2. The monoisotopic (exact) mass is 465 g/mol. The SMILES string of the molecule is COC(=O)c1cccc(C)c1N1CCC([N+]2(CC(=O)OCc3ccccc3)CCCCC2)C1=O. The fraction of sp³-hybridized carbons (Fsp3) is 0.444. The van der Waals surface area contributed by atoms with Crippen LogP contribution in [0.1, 0.15) is 47.2 Å². The second-order valence-electron chi connectivity index (χ2n) is 9.29. The van der Waals surface area contributed by atoms with E-state index in [-0.39, 0.29) is 31.1 Å². The Bertz CT molecular complexity index is 1050. The molecule has 1 amide bonds. The fourth-order valence-corrected chi connectivity index (χ4v) is 5.45. The minimum absolute atomic E-state index is 0.0304. The summed E-state index contributed by atoms with van der Waals surface area (Å²) in [5, 5.41) is 0. The Morgan fingerprint density at radius 3 is 2.47 bits per heavy atom. The Balaban J connectivity index is 1.55. The molecule has 2 aromatic rings. The van der Waals surface area contributed by atoms with Gasteiger partial charge in [0, 0.05) is 13.0 Å². The van der Waals surface area contributed by atoms with Gasteiger partial charge in [0.25, 0.3) is 5.91 Å². The summed E-state index contributed by atoms with van der Waals surface area (Å²) >= 11 is 0. The summed E-state index contributed by atoms with van der Waals surface area (Å²) in [6.07, 6.45) is 3.70. The normalized spacial score (nSPS) is 19.6. The molecule has 34 heavy (non-hydrogen) atoms. The van der Waals surface area contributed by atoms with Crippen molar-refractivity contribution in [2.45, 2.75) is 45.3 Å². The van der Waals surface area contributed by atoms with E-state index in [0.717, 1.165) is 43.5 Å². The van der Waals surface area contributed by atoms with E-state index >= 15 is 0 Å². The van der Waals surface area contributed by atoms with Gasteiger partial charge in [0.15, 0.2) is 12.6 Å². The number of carbonyl (C=O) groups excluding carboxylic acids is 3. The first kappa shape index (κ1) is 24.0. The molecule has 0 saturated carbocycles. The second kappa shape index (κ2) is 10.4. The van der Waals surface area contributed by atoms with Crippen LogP contribution in [0.25, 0.3) is 0 Å². The highest BCUT2D eigenvalue weighted by atomic mass is 16.5. The van der Waals surface area contributed by atoms with Crippen LogP contribution in [0.4, 0.5) is 5.69 Å². The zero-order valence-electron chi connectivity index (χ0n) is 20.0. The molecule has 1 atom stereocenters. The van der Waals surface area contributed by atoms with Gasteiger partial charge in [-0.05, 0) is 43.4 Å². The highest BCUT2D eigenvalue weighted by Crippen LogP contribution is 2.35. The van der Waals surface area contributed by atoms with E-state index in [2.05, 4.69) is 0 Å². The molecule has 0 spiro atoms. The zero-order chi connectivity index (χ0) is 24.1. The van der Waals surface area contributed by atoms with Gasteiger partial charge in [0.2, 0.25) is 0 Å². The lowest BCUT2D eigenvalue weighted by Crippen LogP contribution is -2.62. The number of hydrogen-bond acceptors (Lipinski definition) is 5. The number of rotatable bonds is 7. The molecule has 7 nitrogen and oxygen atoms in total. The summed E-state index contributed by atoms with van der Waals surface area (Å²) < 4.78 is 11.0. The fourth-order valence-electron chi connectivity index (χ4n) is 5.45. The third kappa shape index (κ3) is 4.85. The van der Waals surface area contributed by atoms with Crippen molar-refractivity contribution < 1.29 is 28.3 Å². The number of methoxy groups -OCH3 is 1. The number of benzene rings is 2. The van der Waals surface area contributed by atoms with Gasteiger partial charge in [-0.1, -0.05) is 42.5 Å². The van der Waals surface area contributed by atoms with Crippen LogP contribution in [-0.4, -0.2) is 61.7 Å². The van der Waals surface area contributed by atoms with Gasteiger partial charge in [-0.2, -0.15) is 0 Å². The second-order valence-corrected chi connectivity index (χ2v) is 9.29. The van der Waals surface area contributed by atoms with Gasteiger partial charge < -0.3 is 18.9 Å². The van der Waals surface area contributed by atoms with Gasteiger partial charge in [-0.25, -0.2) is 9.59 Å². The number of hydrogen-bond donors (Lipinski definition) is 0. The predicted molar refractivity (Wildman–Crippen MR) is 128 cm³/mol. The topological polar surface area (TPSA) is 72.9 Å². The van der Waals surface area contributed by atoms with Gasteiger partial charge in [-0.3, -0.25) is 4.79 Å². The molecule has 0 radical (unpaired) electrons. The third-order valence-corrected chi connectivity index (χ3v) is 7.14. The van der Waals surface area contributed by atoms with Crippen molar-refractivity contribution in [1.29, 1.82) is 0 Å². The quantitative estimate of drug-likeness (QED) is 0.461. The van der Waals surface area contributed by atoms with Crippen LogP contribution in [0.15, 0.2) is 48.5 Å². The summed E-state index contributed by atoms with van der Waals surface area (Å²) in [6.45, 7) is 4.39. The summed E-state index contributed by atoms with van der Waals surface area (Å²) in [5.74, 6) is -0.762. The molecule has 2 aliphatic heterocycles. The number of esters is 2. The van der Waals surface area contributed by atoms with Gasteiger partial charge >= 0.3 is 11.9 Å². The van der Waals surface area contributed by atoms with Crippen molar-refractivity contribution >= 4 is 23.5 Å². The highest BCUT2D eigenvalue weighted by molar-refractivity contribution is 6.06. The lowest BCUT2D eigenvalue weighted by Gasteiger charge is -2.44. The average Bonchev–Trinajstić information content (AvgIpc) is 3.24. The van der Waals surface area contributed by atoms with Gasteiger partial charge in [0.1, 0.15) is 6.61 Å². The summed E-state index contributed by atoms with van der Waals surface area (Å²) in [6, 6.07) is 14.7. The molecule has 2 aliphatic rings. The number of likely N-dealkylation sites (tertiary alicyclic amines) is 1. The molecule has 2 aromatic carbocycles. The summed E-state index contributed by atoms with van der Waals surface area (Å²) in [5.41, 5.74) is 2.80. The van der Waals surface area contributed by atoms with Crippen molar-refractivity contribution in [3.63, 3.8) is 0 Å². The first-order chi connectivity index (χ1) is 16.4. The minimum atomic E-state index is -0.457. The van der Waals surface area contributed by atoms with Crippen LogP contribution < -0.4 is 4.90 Å². The van der Waals surface area contributed by atoms with Crippen molar-refractivity contribution in [3.05, 3.63) is 65.2 Å². The van der Waals surface area contributed by atoms with E-state index in [0.29, 0.717) is 28.7 Å². The van der Waals surface area contributed by atoms with Gasteiger partial charge in [0.05, 0.1) is 31.5 Å². The van der Waals surface area contributed by atoms with E-state index in [1.807, 2.05) is 43.3 Å². The predicted octanol–water partition coefficient (Wildman–Crippen LogP) is 3.63. The molecule has 4 rings (SSSR count). The first-order valence-electron chi connectivity index (χ1n) is 12.0. The molecule has 7 heteroatoms. The molecule has 0 N–H and O–H groups in total. The third-order valence-electron chi connectivity index (χ3n) is 7.14. The minimum Gasteiger partial charge on any atom is -0.465 e. The number of anilines is 1. The Kier molecular flexibility index (Phi) is 7.32. The summed E-state index contributed by atoms with van der Waals surface area (Å²) in [4.78, 5) is 40.8. The van der Waals surface area contributed by atoms with Gasteiger partial charge in [-0.15, -0.1) is 0 Å². The smallest absolute Gasteiger partial charge is 0.362 e. The Morgan fingerprint density at radius 2 is 1.76 bits per heavy atom. The average molecular weight is 466 g/mol. The van der Waals surface area contributed by atoms with Crippen LogP contribution in [0.2, 0.25) is 0 Å². The number of carbonyl (C=O) groups is 3. The maximum Gasteiger partial charge on any atom is 0.362 e. The van der Waals surface area contributed by atoms with Crippen LogP contribution in [0.3, 0.4) is 0 Å². The van der Waals surface area contributed by atoms with Crippen molar-refractivity contribution in [2.24, 2.45) is 0 Å². The molecule has 2 heterocycles. The molecular formula is C27H33N2O5+. The number of aryl methyl sites for hydroxylation is 1. The molecule has 0 bridgehead atoms. The molecule has 2 fully saturated rings. The van der Waals surface area contributed by atoms with Crippen molar-refractivity contribution in [2.75, 3.05) is 38.2 Å². The highest BCUT2D eigenvalue weighted by Gasteiger charge is 2.50. The lowest BCUT2D eigenvalue weighted by molar-refractivity contribution is -0.939.